The van der Waals surface area contributed by atoms with Crippen molar-refractivity contribution in [2.45, 2.75) is 26.3 Å². The second kappa shape index (κ2) is 10.9. The molecule has 0 heterocycles. The molecule has 0 aliphatic carbocycles. The molecule has 2 rings (SSSR count). The minimum Gasteiger partial charge on any atom is -0.375 e. The number of amides is 4. The average Bonchev–Trinajstić information content (AvgIpc) is 2.68. The third-order valence-electron chi connectivity index (χ3n) is 3.72. The van der Waals surface area contributed by atoms with Crippen LogP contribution in [0.3, 0.4) is 0 Å². The maximum absolute atomic E-state index is 12.0. The van der Waals surface area contributed by atoms with E-state index < -0.39 is 11.9 Å². The van der Waals surface area contributed by atoms with Crippen LogP contribution in [0.1, 0.15) is 25.3 Å². The summed E-state index contributed by atoms with van der Waals surface area (Å²) in [7, 11) is 0. The topological polar surface area (TPSA) is 99.3 Å². The van der Waals surface area contributed by atoms with Crippen LogP contribution in [0.15, 0.2) is 48.5 Å². The lowest BCUT2D eigenvalue weighted by Gasteiger charge is -2.12. The molecule has 0 atom stereocenters. The van der Waals surface area contributed by atoms with Crippen LogP contribution in [0.2, 0.25) is 5.02 Å². The predicted octanol–water partition coefficient (Wildman–Crippen LogP) is 3.52. The van der Waals surface area contributed by atoms with Crippen LogP contribution in [0.4, 0.5) is 16.2 Å². The van der Waals surface area contributed by atoms with Crippen molar-refractivity contribution in [2.75, 3.05) is 17.2 Å². The molecule has 4 N–H and O–H groups in total. The molecule has 0 saturated carbocycles. The highest BCUT2D eigenvalue weighted by molar-refractivity contribution is 6.33. The Morgan fingerprint density at radius 1 is 1.00 bits per heavy atom. The largest absolute Gasteiger partial charge is 0.375 e. The van der Waals surface area contributed by atoms with E-state index in [0.717, 1.165) is 12.0 Å². The molecule has 0 aromatic heterocycles. The van der Waals surface area contributed by atoms with Gasteiger partial charge in [0.1, 0.15) is 0 Å². The number of rotatable bonds is 8. The van der Waals surface area contributed by atoms with E-state index in [4.69, 9.17) is 11.6 Å². The van der Waals surface area contributed by atoms with Gasteiger partial charge in [0.2, 0.25) is 11.8 Å². The number of carbonyl (C=O) groups excluding carboxylic acids is 3. The molecule has 4 amide bonds. The Balaban J connectivity index is 1.81. The lowest BCUT2D eigenvalue weighted by Crippen LogP contribution is -2.41. The molecule has 2 aromatic rings. The van der Waals surface area contributed by atoms with Gasteiger partial charge in [0.25, 0.3) is 0 Å². The van der Waals surface area contributed by atoms with E-state index in [2.05, 4.69) is 21.3 Å². The van der Waals surface area contributed by atoms with E-state index in [0.29, 0.717) is 29.4 Å². The number of hydrogen-bond acceptors (Lipinski definition) is 4. The predicted molar refractivity (Wildman–Crippen MR) is 110 cm³/mol. The number of benzene rings is 2. The van der Waals surface area contributed by atoms with Gasteiger partial charge in [0.15, 0.2) is 0 Å². The van der Waals surface area contributed by atoms with Crippen molar-refractivity contribution in [1.82, 2.24) is 10.6 Å². The first-order valence-corrected chi connectivity index (χ1v) is 9.30. The summed E-state index contributed by atoms with van der Waals surface area (Å²) in [5.41, 5.74) is 1.99. The summed E-state index contributed by atoms with van der Waals surface area (Å²) in [6, 6.07) is 13.7. The number of nitrogens with one attached hydrogen (secondary N) is 4. The van der Waals surface area contributed by atoms with Gasteiger partial charge in [0.05, 0.1) is 17.3 Å². The van der Waals surface area contributed by atoms with Gasteiger partial charge in [-0.3, -0.25) is 14.9 Å². The van der Waals surface area contributed by atoms with Crippen LogP contribution in [0.5, 0.6) is 0 Å². The summed E-state index contributed by atoms with van der Waals surface area (Å²) >= 11 is 6.11. The Morgan fingerprint density at radius 3 is 2.46 bits per heavy atom. The zero-order valence-electron chi connectivity index (χ0n) is 15.5. The van der Waals surface area contributed by atoms with Crippen LogP contribution in [-0.2, 0) is 16.1 Å². The highest BCUT2D eigenvalue weighted by Crippen LogP contribution is 2.25. The molecule has 0 aliphatic rings. The second-order valence-corrected chi connectivity index (χ2v) is 6.47. The zero-order chi connectivity index (χ0) is 20.4. The van der Waals surface area contributed by atoms with Crippen LogP contribution < -0.4 is 21.3 Å². The fraction of sp³-hybridized carbons (Fsp3) is 0.250. The van der Waals surface area contributed by atoms with E-state index >= 15 is 0 Å². The third kappa shape index (κ3) is 7.28. The van der Waals surface area contributed by atoms with Crippen LogP contribution in [0.25, 0.3) is 0 Å². The van der Waals surface area contributed by atoms with Crippen LogP contribution >= 0.6 is 11.6 Å². The number of anilines is 2. The molecule has 0 bridgehead atoms. The first-order valence-electron chi connectivity index (χ1n) is 8.92. The Labute approximate surface area is 168 Å². The summed E-state index contributed by atoms with van der Waals surface area (Å²) in [6.07, 6.45) is 1.17. The van der Waals surface area contributed by atoms with Crippen LogP contribution in [0, 0.1) is 0 Å². The quantitative estimate of drug-likeness (QED) is 0.542. The molecular formula is C20H23ClN4O3. The summed E-state index contributed by atoms with van der Waals surface area (Å²) in [6.45, 7) is 2.09. The number of imide groups is 1. The van der Waals surface area contributed by atoms with Gasteiger partial charge in [0, 0.05) is 18.7 Å². The summed E-state index contributed by atoms with van der Waals surface area (Å²) in [5.74, 6) is -0.606. The van der Waals surface area contributed by atoms with Gasteiger partial charge in [-0.05, 0) is 30.2 Å². The van der Waals surface area contributed by atoms with E-state index in [1.54, 1.807) is 18.2 Å². The number of hydrogen-bond donors (Lipinski definition) is 4. The van der Waals surface area contributed by atoms with Crippen molar-refractivity contribution in [3.63, 3.8) is 0 Å². The fourth-order valence-electron chi connectivity index (χ4n) is 2.36. The lowest BCUT2D eigenvalue weighted by atomic mass is 10.2. The molecule has 8 heteroatoms. The van der Waals surface area contributed by atoms with E-state index in [-0.39, 0.29) is 12.5 Å². The lowest BCUT2D eigenvalue weighted by molar-refractivity contribution is -0.118. The first-order chi connectivity index (χ1) is 13.5. The van der Waals surface area contributed by atoms with Crippen molar-refractivity contribution in [3.8, 4) is 0 Å². The standard InChI is InChI=1S/C20H23ClN4O3/c1-2-6-18(26)24-15-9-10-16(21)17(11-15)22-13-19(27)25-20(28)23-12-14-7-4-3-5-8-14/h3-5,7-11,22H,2,6,12-13H2,1H3,(H,24,26)(H2,23,25,27,28). The fourth-order valence-corrected chi connectivity index (χ4v) is 2.54. The van der Waals surface area contributed by atoms with Gasteiger partial charge in [-0.15, -0.1) is 0 Å². The molecule has 148 valence electrons. The SMILES string of the molecule is CCCC(=O)Nc1ccc(Cl)c(NCC(=O)NC(=O)NCc2ccccc2)c1. The van der Waals surface area contributed by atoms with E-state index in [9.17, 15) is 14.4 Å². The zero-order valence-corrected chi connectivity index (χ0v) is 16.3. The van der Waals surface area contributed by atoms with E-state index in [1.807, 2.05) is 37.3 Å². The molecule has 28 heavy (non-hydrogen) atoms. The van der Waals surface area contributed by atoms with Crippen molar-refractivity contribution in [1.29, 1.82) is 0 Å². The van der Waals surface area contributed by atoms with Gasteiger partial charge < -0.3 is 16.0 Å². The molecule has 0 aliphatic heterocycles. The maximum Gasteiger partial charge on any atom is 0.321 e. The maximum atomic E-state index is 12.0. The first kappa shape index (κ1) is 21.2. The molecule has 0 radical (unpaired) electrons. The Morgan fingerprint density at radius 2 is 1.75 bits per heavy atom. The normalized spacial score (nSPS) is 10.1. The summed E-state index contributed by atoms with van der Waals surface area (Å²) in [5, 5.41) is 10.9. The molecular weight excluding hydrogens is 380 g/mol. The molecule has 2 aromatic carbocycles. The Kier molecular flexibility index (Phi) is 8.30. The highest BCUT2D eigenvalue weighted by Gasteiger charge is 2.10. The molecule has 7 nitrogen and oxygen atoms in total. The van der Waals surface area contributed by atoms with Crippen molar-refractivity contribution >= 4 is 40.8 Å². The second-order valence-electron chi connectivity index (χ2n) is 6.06. The summed E-state index contributed by atoms with van der Waals surface area (Å²) < 4.78 is 0. The molecule has 0 unspecified atom stereocenters. The number of urea groups is 1. The van der Waals surface area contributed by atoms with Crippen molar-refractivity contribution in [3.05, 3.63) is 59.1 Å². The monoisotopic (exact) mass is 402 g/mol. The van der Waals surface area contributed by atoms with Crippen molar-refractivity contribution in [2.24, 2.45) is 0 Å². The number of halogens is 1. The van der Waals surface area contributed by atoms with Gasteiger partial charge in [-0.1, -0.05) is 48.9 Å². The summed E-state index contributed by atoms with van der Waals surface area (Å²) in [4.78, 5) is 35.4. The average molecular weight is 403 g/mol. The minimum absolute atomic E-state index is 0.0939. The highest BCUT2D eigenvalue weighted by atomic mass is 35.5. The van der Waals surface area contributed by atoms with Gasteiger partial charge in [-0.25, -0.2) is 4.79 Å². The molecule has 0 spiro atoms. The minimum atomic E-state index is -0.581. The smallest absolute Gasteiger partial charge is 0.321 e. The molecule has 0 fully saturated rings. The molecule has 0 saturated heterocycles. The van der Waals surface area contributed by atoms with Crippen LogP contribution in [-0.4, -0.2) is 24.4 Å². The number of carbonyl (C=O) groups is 3. The van der Waals surface area contributed by atoms with E-state index in [1.165, 1.54) is 0 Å². The van der Waals surface area contributed by atoms with Gasteiger partial charge >= 0.3 is 6.03 Å². The Hall–Kier alpha value is -3.06. The third-order valence-corrected chi connectivity index (χ3v) is 4.05. The Bertz CT molecular complexity index is 827. The van der Waals surface area contributed by atoms with Gasteiger partial charge in [-0.2, -0.15) is 0 Å². The van der Waals surface area contributed by atoms with Crippen molar-refractivity contribution < 1.29 is 14.4 Å².